The fourth-order valence-corrected chi connectivity index (χ4v) is 3.56. The first-order valence-electron chi connectivity index (χ1n) is 9.76. The van der Waals surface area contributed by atoms with E-state index in [2.05, 4.69) is 10.4 Å². The number of carbonyl (C=O) groups excluding carboxylic acids is 1. The monoisotopic (exact) mass is 449 g/mol. The number of nitrogens with one attached hydrogen (secondary N) is 1. The van der Waals surface area contributed by atoms with E-state index in [0.717, 1.165) is 12.1 Å². The molecule has 10 heteroatoms. The topological polar surface area (TPSA) is 65.4 Å². The highest BCUT2D eigenvalue weighted by atomic mass is 19.4. The van der Waals surface area contributed by atoms with Gasteiger partial charge in [-0.3, -0.25) is 4.79 Å². The summed E-state index contributed by atoms with van der Waals surface area (Å²) < 4.78 is 64.7. The zero-order valence-electron chi connectivity index (χ0n) is 17.0. The molecule has 6 nitrogen and oxygen atoms in total. The van der Waals surface area contributed by atoms with Gasteiger partial charge in [-0.1, -0.05) is 6.07 Å². The summed E-state index contributed by atoms with van der Waals surface area (Å²) in [5.74, 6) is -0.298. The molecule has 2 heterocycles. The summed E-state index contributed by atoms with van der Waals surface area (Å²) in [6.07, 6.45) is -2.86. The average molecular weight is 449 g/mol. The molecule has 0 spiro atoms. The number of ether oxygens (including phenoxy) is 2. The molecule has 1 aliphatic heterocycles. The van der Waals surface area contributed by atoms with E-state index in [0.29, 0.717) is 29.0 Å². The Kier molecular flexibility index (Phi) is 5.88. The fourth-order valence-electron chi connectivity index (χ4n) is 3.56. The number of rotatable bonds is 5. The molecule has 0 aliphatic carbocycles. The Labute approximate surface area is 180 Å². The quantitative estimate of drug-likeness (QED) is 0.594. The van der Waals surface area contributed by atoms with E-state index in [9.17, 15) is 22.4 Å². The number of halogens is 4. The summed E-state index contributed by atoms with van der Waals surface area (Å²) >= 11 is 0. The number of nitrogens with zero attached hydrogens (tertiary/aromatic N) is 2. The maximum atomic E-state index is 13.8. The van der Waals surface area contributed by atoms with E-state index in [1.54, 1.807) is 6.92 Å². The van der Waals surface area contributed by atoms with E-state index >= 15 is 0 Å². The third-order valence-corrected chi connectivity index (χ3v) is 5.10. The van der Waals surface area contributed by atoms with Gasteiger partial charge in [0.1, 0.15) is 11.6 Å². The van der Waals surface area contributed by atoms with Crippen LogP contribution in [0.2, 0.25) is 0 Å². The molecule has 0 saturated carbocycles. The van der Waals surface area contributed by atoms with Crippen molar-refractivity contribution >= 4 is 5.91 Å². The van der Waals surface area contributed by atoms with Crippen molar-refractivity contribution in [3.8, 4) is 11.4 Å². The lowest BCUT2D eigenvalue weighted by Gasteiger charge is -2.21. The number of alkyl halides is 3. The fraction of sp³-hybridized carbons (Fsp3) is 0.273. The number of aromatic nitrogens is 2. The predicted octanol–water partition coefficient (Wildman–Crippen LogP) is 4.18. The molecule has 3 aromatic rings. The van der Waals surface area contributed by atoms with Gasteiger partial charge in [0.25, 0.3) is 5.91 Å². The second-order valence-corrected chi connectivity index (χ2v) is 7.27. The summed E-state index contributed by atoms with van der Waals surface area (Å²) in [7, 11) is 0. The van der Waals surface area contributed by atoms with Crippen LogP contribution >= 0.6 is 0 Å². The summed E-state index contributed by atoms with van der Waals surface area (Å²) in [4.78, 5) is 12.6. The van der Waals surface area contributed by atoms with Crippen molar-refractivity contribution in [2.24, 2.45) is 0 Å². The van der Waals surface area contributed by atoms with Crippen molar-refractivity contribution in [1.82, 2.24) is 15.1 Å². The summed E-state index contributed by atoms with van der Waals surface area (Å²) in [6, 6.07) is 7.41. The molecule has 0 fully saturated rings. The van der Waals surface area contributed by atoms with Gasteiger partial charge in [-0.25, -0.2) is 9.07 Å². The molecular weight excluding hydrogens is 430 g/mol. The second-order valence-electron chi connectivity index (χ2n) is 7.27. The standard InChI is InChI=1S/C22H19F4N3O3/c1-13-19(10-28-29(13)18-4-2-3-16(9-18)22(24,25)26)21(30)27-6-5-14-7-17(23)8-15-11-31-12-32-20(14)15/h2-4,7-10H,5-6,11-12H2,1H3,(H,27,30). The first-order valence-corrected chi connectivity index (χ1v) is 9.76. The summed E-state index contributed by atoms with van der Waals surface area (Å²) in [5, 5.41) is 6.80. The predicted molar refractivity (Wildman–Crippen MR) is 106 cm³/mol. The lowest BCUT2D eigenvalue weighted by molar-refractivity contribution is -0.137. The SMILES string of the molecule is Cc1c(C(=O)NCCc2cc(F)cc3c2OCOC3)cnn1-c1cccc(C(F)(F)F)c1. The molecule has 0 saturated heterocycles. The Balaban J connectivity index is 1.46. The van der Waals surface area contributed by atoms with Gasteiger partial charge in [0, 0.05) is 12.1 Å². The van der Waals surface area contributed by atoms with Crippen LogP contribution in [-0.2, 0) is 23.9 Å². The van der Waals surface area contributed by atoms with Crippen LogP contribution in [0.5, 0.6) is 5.75 Å². The van der Waals surface area contributed by atoms with Crippen LogP contribution in [0.25, 0.3) is 5.69 Å². The number of carbonyl (C=O) groups is 1. The third-order valence-electron chi connectivity index (χ3n) is 5.10. The van der Waals surface area contributed by atoms with Gasteiger partial charge in [-0.15, -0.1) is 0 Å². The van der Waals surface area contributed by atoms with Gasteiger partial charge in [0.2, 0.25) is 0 Å². The van der Waals surface area contributed by atoms with Crippen LogP contribution in [0.4, 0.5) is 17.6 Å². The lowest BCUT2D eigenvalue weighted by atomic mass is 10.1. The van der Waals surface area contributed by atoms with E-state index < -0.39 is 23.5 Å². The van der Waals surface area contributed by atoms with Gasteiger partial charge in [0.05, 0.1) is 35.3 Å². The van der Waals surface area contributed by atoms with E-state index in [1.807, 2.05) is 0 Å². The van der Waals surface area contributed by atoms with Gasteiger partial charge in [0.15, 0.2) is 6.79 Å². The molecule has 1 amide bonds. The number of hydrogen-bond acceptors (Lipinski definition) is 4. The highest BCUT2D eigenvalue weighted by Crippen LogP contribution is 2.31. The number of benzene rings is 2. The molecule has 2 aromatic carbocycles. The maximum absolute atomic E-state index is 13.8. The van der Waals surface area contributed by atoms with Gasteiger partial charge >= 0.3 is 6.18 Å². The molecule has 0 unspecified atom stereocenters. The third kappa shape index (κ3) is 4.45. The summed E-state index contributed by atoms with van der Waals surface area (Å²) in [5.41, 5.74) is 1.23. The Morgan fingerprint density at radius 1 is 1.25 bits per heavy atom. The molecule has 0 bridgehead atoms. The van der Waals surface area contributed by atoms with Crippen LogP contribution in [-0.4, -0.2) is 29.0 Å². The largest absolute Gasteiger partial charge is 0.467 e. The zero-order valence-corrected chi connectivity index (χ0v) is 17.0. The van der Waals surface area contributed by atoms with Crippen molar-refractivity contribution in [1.29, 1.82) is 0 Å². The molecule has 0 atom stereocenters. The molecule has 1 aliphatic rings. The minimum atomic E-state index is -4.48. The highest BCUT2D eigenvalue weighted by Gasteiger charge is 2.30. The van der Waals surface area contributed by atoms with Gasteiger partial charge < -0.3 is 14.8 Å². The smallest absolute Gasteiger partial charge is 0.416 e. The van der Waals surface area contributed by atoms with Crippen LogP contribution in [0.1, 0.15) is 32.7 Å². The Morgan fingerprint density at radius 2 is 2.06 bits per heavy atom. The van der Waals surface area contributed by atoms with E-state index in [-0.39, 0.29) is 31.2 Å². The van der Waals surface area contributed by atoms with E-state index in [1.165, 1.54) is 35.1 Å². The Hall–Kier alpha value is -3.40. The number of fused-ring (bicyclic) bond motifs is 1. The van der Waals surface area contributed by atoms with Crippen molar-refractivity contribution in [3.63, 3.8) is 0 Å². The highest BCUT2D eigenvalue weighted by molar-refractivity contribution is 5.95. The molecular formula is C22H19F4N3O3. The first-order chi connectivity index (χ1) is 15.2. The Bertz CT molecular complexity index is 1160. The average Bonchev–Trinajstić information content (AvgIpc) is 3.14. The van der Waals surface area contributed by atoms with Crippen molar-refractivity contribution in [2.75, 3.05) is 13.3 Å². The van der Waals surface area contributed by atoms with Crippen molar-refractivity contribution < 1.29 is 31.8 Å². The van der Waals surface area contributed by atoms with E-state index in [4.69, 9.17) is 9.47 Å². The Morgan fingerprint density at radius 3 is 2.84 bits per heavy atom. The number of hydrogen-bond donors (Lipinski definition) is 1. The maximum Gasteiger partial charge on any atom is 0.416 e. The van der Waals surface area contributed by atoms with Gasteiger partial charge in [-0.2, -0.15) is 18.3 Å². The minimum Gasteiger partial charge on any atom is -0.467 e. The van der Waals surface area contributed by atoms with Crippen LogP contribution in [0.15, 0.2) is 42.6 Å². The molecule has 168 valence electrons. The number of amides is 1. The molecule has 0 radical (unpaired) electrons. The molecule has 1 N–H and O–H groups in total. The second kappa shape index (κ2) is 8.62. The first kappa shape index (κ1) is 21.8. The summed E-state index contributed by atoms with van der Waals surface area (Å²) in [6.45, 7) is 2.12. The van der Waals surface area contributed by atoms with Crippen LogP contribution in [0.3, 0.4) is 0 Å². The normalized spacial score (nSPS) is 13.4. The minimum absolute atomic E-state index is 0.0753. The molecule has 4 rings (SSSR count). The lowest BCUT2D eigenvalue weighted by Crippen LogP contribution is -2.26. The van der Waals surface area contributed by atoms with Crippen LogP contribution < -0.4 is 10.1 Å². The van der Waals surface area contributed by atoms with Gasteiger partial charge in [-0.05, 0) is 49.2 Å². The molecule has 1 aromatic heterocycles. The van der Waals surface area contributed by atoms with Crippen molar-refractivity contribution in [2.45, 2.75) is 26.1 Å². The van der Waals surface area contributed by atoms with Crippen LogP contribution in [0, 0.1) is 12.7 Å². The van der Waals surface area contributed by atoms with Crippen molar-refractivity contribution in [3.05, 3.63) is 76.4 Å². The molecule has 32 heavy (non-hydrogen) atoms. The zero-order chi connectivity index (χ0) is 22.9.